The first-order valence-corrected chi connectivity index (χ1v) is 10.5. The van der Waals surface area contributed by atoms with E-state index in [1.807, 2.05) is 13.0 Å². The number of carbonyl (C=O) groups excluding carboxylic acids is 2. The van der Waals surface area contributed by atoms with Crippen LogP contribution in [0.5, 0.6) is 0 Å². The Morgan fingerprint density at radius 1 is 1.36 bits per heavy atom. The molecule has 1 aromatic carbocycles. The van der Waals surface area contributed by atoms with E-state index >= 15 is 0 Å². The van der Waals surface area contributed by atoms with Crippen LogP contribution in [0.25, 0.3) is 10.9 Å². The Morgan fingerprint density at radius 2 is 2.14 bits per heavy atom. The van der Waals surface area contributed by atoms with Crippen LogP contribution in [-0.2, 0) is 16.1 Å². The molecule has 1 aliphatic heterocycles. The fourth-order valence-electron chi connectivity index (χ4n) is 2.77. The van der Waals surface area contributed by atoms with Gasteiger partial charge in [-0.2, -0.15) is 0 Å². The highest BCUT2D eigenvalue weighted by Gasteiger charge is 2.24. The summed E-state index contributed by atoms with van der Waals surface area (Å²) in [5.41, 5.74) is 1.28. The van der Waals surface area contributed by atoms with Crippen molar-refractivity contribution in [2.75, 3.05) is 18.9 Å². The van der Waals surface area contributed by atoms with E-state index in [1.165, 1.54) is 11.8 Å². The number of amides is 2. The quantitative estimate of drug-likeness (QED) is 0.384. The van der Waals surface area contributed by atoms with Gasteiger partial charge in [-0.25, -0.2) is 14.6 Å². The second-order valence-electron chi connectivity index (χ2n) is 5.88. The Morgan fingerprint density at radius 3 is 2.86 bits per heavy atom. The first-order valence-electron chi connectivity index (χ1n) is 8.71. The number of ether oxygens (including phenoxy) is 1. The van der Waals surface area contributed by atoms with Gasteiger partial charge in [0.1, 0.15) is 0 Å². The van der Waals surface area contributed by atoms with E-state index in [-0.39, 0.29) is 30.5 Å². The Kier molecular flexibility index (Phi) is 6.40. The largest absolute Gasteiger partial charge is 0.463 e. The van der Waals surface area contributed by atoms with Gasteiger partial charge >= 0.3 is 12.0 Å². The highest BCUT2D eigenvalue weighted by molar-refractivity contribution is 9.10. The second kappa shape index (κ2) is 8.78. The lowest BCUT2D eigenvalue weighted by Gasteiger charge is -2.21. The van der Waals surface area contributed by atoms with Crippen LogP contribution >= 0.6 is 27.7 Å². The Balaban J connectivity index is 1.95. The molecule has 0 bridgehead atoms. The molecule has 2 heterocycles. The minimum Gasteiger partial charge on any atom is -0.463 e. The molecule has 0 radical (unpaired) electrons. The Hall–Kier alpha value is -2.33. The molecule has 0 unspecified atom stereocenters. The maximum Gasteiger partial charge on any atom is 0.337 e. The Bertz CT molecular complexity index is 1030. The lowest BCUT2D eigenvalue weighted by atomic mass is 10.2. The molecule has 0 saturated heterocycles. The van der Waals surface area contributed by atoms with E-state index in [9.17, 15) is 14.4 Å². The number of rotatable bonds is 6. The summed E-state index contributed by atoms with van der Waals surface area (Å²) in [6.45, 7) is 4.38. The van der Waals surface area contributed by atoms with E-state index in [0.29, 0.717) is 33.9 Å². The minimum atomic E-state index is -0.477. The van der Waals surface area contributed by atoms with Gasteiger partial charge in [-0.1, -0.05) is 27.7 Å². The van der Waals surface area contributed by atoms with Gasteiger partial charge in [0.15, 0.2) is 5.16 Å². The number of carbonyl (C=O) groups is 2. The molecule has 3 rings (SSSR count). The maximum atomic E-state index is 12.8. The van der Waals surface area contributed by atoms with Crippen molar-refractivity contribution in [3.63, 3.8) is 0 Å². The third-order valence-corrected chi connectivity index (χ3v) is 5.62. The summed E-state index contributed by atoms with van der Waals surface area (Å²) in [5, 5.41) is 6.28. The molecule has 28 heavy (non-hydrogen) atoms. The van der Waals surface area contributed by atoms with Crippen LogP contribution in [0.2, 0.25) is 0 Å². The van der Waals surface area contributed by atoms with Crippen molar-refractivity contribution in [1.29, 1.82) is 0 Å². The van der Waals surface area contributed by atoms with Crippen molar-refractivity contribution < 1.29 is 14.3 Å². The molecule has 8 nitrogen and oxygen atoms in total. The first kappa shape index (κ1) is 20.4. The highest BCUT2D eigenvalue weighted by Crippen LogP contribution is 2.23. The standard InChI is InChI=1S/C18H19BrN4O4S/c1-3-23-15(24)11-7-10(19)5-6-13(11)22-18(23)28-9-14-12(16(25)27-4-2)8-20-17(26)21-14/h5-7H,3-4,8-9H2,1-2H3,(H2,20,21,26). The van der Waals surface area contributed by atoms with Gasteiger partial charge in [0.25, 0.3) is 5.56 Å². The number of nitrogens with one attached hydrogen (secondary N) is 2. The maximum absolute atomic E-state index is 12.8. The number of hydrogen-bond donors (Lipinski definition) is 2. The first-order chi connectivity index (χ1) is 13.4. The molecule has 1 aliphatic rings. The average Bonchev–Trinajstić information content (AvgIpc) is 2.67. The summed E-state index contributed by atoms with van der Waals surface area (Å²) in [6.07, 6.45) is 0. The van der Waals surface area contributed by atoms with E-state index in [4.69, 9.17) is 4.74 Å². The molecule has 0 fully saturated rings. The Labute approximate surface area is 173 Å². The molecule has 2 N–H and O–H groups in total. The topological polar surface area (TPSA) is 102 Å². The summed E-state index contributed by atoms with van der Waals surface area (Å²) >= 11 is 4.66. The minimum absolute atomic E-state index is 0.0975. The van der Waals surface area contributed by atoms with Crippen LogP contribution < -0.4 is 16.2 Å². The van der Waals surface area contributed by atoms with Crippen molar-refractivity contribution in [3.8, 4) is 0 Å². The molecule has 10 heteroatoms. The summed E-state index contributed by atoms with van der Waals surface area (Å²) in [6, 6.07) is 4.97. The normalized spacial score (nSPS) is 14.0. The van der Waals surface area contributed by atoms with Crippen molar-refractivity contribution in [3.05, 3.63) is 44.3 Å². The predicted octanol–water partition coefficient (Wildman–Crippen LogP) is 2.40. The number of esters is 1. The van der Waals surface area contributed by atoms with Crippen LogP contribution in [0.4, 0.5) is 4.79 Å². The lowest BCUT2D eigenvalue weighted by Crippen LogP contribution is -2.44. The number of hydrogen-bond acceptors (Lipinski definition) is 6. The van der Waals surface area contributed by atoms with Gasteiger partial charge < -0.3 is 15.4 Å². The molecular weight excluding hydrogens is 448 g/mol. The summed E-state index contributed by atoms with van der Waals surface area (Å²) in [4.78, 5) is 41.3. The van der Waals surface area contributed by atoms with E-state index in [2.05, 4.69) is 31.5 Å². The summed E-state index contributed by atoms with van der Waals surface area (Å²) in [7, 11) is 0. The van der Waals surface area contributed by atoms with Crippen LogP contribution in [0, 0.1) is 0 Å². The van der Waals surface area contributed by atoms with Crippen LogP contribution in [0.3, 0.4) is 0 Å². The monoisotopic (exact) mass is 466 g/mol. The van der Waals surface area contributed by atoms with E-state index in [1.54, 1.807) is 23.6 Å². The SMILES string of the molecule is CCOC(=O)C1=C(CSc2nc3ccc(Br)cc3c(=O)n2CC)NC(=O)NC1. The van der Waals surface area contributed by atoms with E-state index < -0.39 is 5.97 Å². The number of halogens is 1. The van der Waals surface area contributed by atoms with E-state index in [0.717, 1.165) is 4.47 Å². The molecule has 0 saturated carbocycles. The molecule has 2 amide bonds. The molecule has 0 aliphatic carbocycles. The molecular formula is C18H19BrN4O4S. The van der Waals surface area contributed by atoms with Crippen LogP contribution in [0.1, 0.15) is 13.8 Å². The zero-order valence-electron chi connectivity index (χ0n) is 15.4. The second-order valence-corrected chi connectivity index (χ2v) is 7.74. The third-order valence-electron chi connectivity index (χ3n) is 4.12. The fraction of sp³-hybridized carbons (Fsp3) is 0.333. The third kappa shape index (κ3) is 4.22. The predicted molar refractivity (Wildman–Crippen MR) is 110 cm³/mol. The molecule has 0 atom stereocenters. The van der Waals surface area contributed by atoms with Crippen LogP contribution in [-0.4, -0.2) is 40.5 Å². The molecule has 148 valence electrons. The van der Waals surface area contributed by atoms with Gasteiger partial charge in [0.05, 0.1) is 29.6 Å². The zero-order chi connectivity index (χ0) is 20.3. The van der Waals surface area contributed by atoms with Crippen molar-refractivity contribution in [1.82, 2.24) is 20.2 Å². The lowest BCUT2D eigenvalue weighted by molar-refractivity contribution is -0.138. The average molecular weight is 467 g/mol. The molecule has 0 spiro atoms. The van der Waals surface area contributed by atoms with Crippen LogP contribution in [0.15, 0.2) is 43.9 Å². The molecule has 1 aromatic heterocycles. The number of nitrogens with zero attached hydrogens (tertiary/aromatic N) is 2. The number of benzene rings is 1. The molecule has 2 aromatic rings. The van der Waals surface area contributed by atoms with Crippen molar-refractivity contribution in [2.45, 2.75) is 25.5 Å². The van der Waals surface area contributed by atoms with Crippen molar-refractivity contribution >= 4 is 50.6 Å². The summed E-state index contributed by atoms with van der Waals surface area (Å²) in [5.74, 6) is -0.203. The highest BCUT2D eigenvalue weighted by atomic mass is 79.9. The van der Waals surface area contributed by atoms with Gasteiger partial charge in [-0.15, -0.1) is 0 Å². The number of urea groups is 1. The van der Waals surface area contributed by atoms with Gasteiger partial charge in [-0.3, -0.25) is 9.36 Å². The number of thioether (sulfide) groups is 1. The zero-order valence-corrected chi connectivity index (χ0v) is 17.8. The van der Waals surface area contributed by atoms with Gasteiger partial charge in [0.2, 0.25) is 0 Å². The van der Waals surface area contributed by atoms with Crippen molar-refractivity contribution in [2.24, 2.45) is 0 Å². The number of aromatic nitrogens is 2. The smallest absolute Gasteiger partial charge is 0.337 e. The van der Waals surface area contributed by atoms with Gasteiger partial charge in [-0.05, 0) is 32.0 Å². The van der Waals surface area contributed by atoms with Gasteiger partial charge in [0, 0.05) is 22.5 Å². The fourth-order valence-corrected chi connectivity index (χ4v) is 4.18. The summed E-state index contributed by atoms with van der Waals surface area (Å²) < 4.78 is 7.44. The number of fused-ring (bicyclic) bond motifs is 1.